The predicted octanol–water partition coefficient (Wildman–Crippen LogP) is 3.24. The maximum atomic E-state index is 13.2. The zero-order valence-electron chi connectivity index (χ0n) is 8.89. The molecule has 0 N–H and O–H groups in total. The Bertz CT molecular complexity index is 353. The molecular weight excluding hydrogens is 198 g/mol. The van der Waals surface area contributed by atoms with Crippen molar-refractivity contribution in [3.63, 3.8) is 0 Å². The summed E-state index contributed by atoms with van der Waals surface area (Å²) in [7, 11) is 0. The zero-order valence-corrected chi connectivity index (χ0v) is 8.89. The van der Waals surface area contributed by atoms with E-state index in [-0.39, 0.29) is 12.0 Å². The van der Waals surface area contributed by atoms with Gasteiger partial charge in [0.05, 0.1) is 0 Å². The van der Waals surface area contributed by atoms with E-state index in [0.29, 0.717) is 12.0 Å². The van der Waals surface area contributed by atoms with Gasteiger partial charge in [-0.05, 0) is 18.9 Å². The number of aldehydes is 1. The Morgan fingerprint density at radius 2 is 2.07 bits per heavy atom. The number of hydrogen-bond acceptors (Lipinski definition) is 1. The Morgan fingerprint density at radius 3 is 2.60 bits per heavy atom. The molecule has 0 spiro atoms. The first kappa shape index (κ1) is 11.8. The summed E-state index contributed by atoms with van der Waals surface area (Å²) >= 11 is 0. The maximum absolute atomic E-state index is 13.2. The van der Waals surface area contributed by atoms with Gasteiger partial charge < -0.3 is 4.79 Å². The second-order valence-corrected chi connectivity index (χ2v) is 3.75. The van der Waals surface area contributed by atoms with Gasteiger partial charge in [0.15, 0.2) is 0 Å². The largest absolute Gasteiger partial charge is 0.303 e. The van der Waals surface area contributed by atoms with Gasteiger partial charge in [-0.15, -0.1) is 0 Å². The van der Waals surface area contributed by atoms with Crippen LogP contribution in [0.25, 0.3) is 0 Å². The molecule has 1 aromatic carbocycles. The average molecular weight is 212 g/mol. The van der Waals surface area contributed by atoms with Gasteiger partial charge in [-0.25, -0.2) is 8.78 Å². The van der Waals surface area contributed by atoms with Crippen LogP contribution < -0.4 is 0 Å². The highest BCUT2D eigenvalue weighted by molar-refractivity contribution is 5.50. The van der Waals surface area contributed by atoms with Crippen molar-refractivity contribution >= 4 is 6.29 Å². The summed E-state index contributed by atoms with van der Waals surface area (Å²) in [6.45, 7) is 2.73. The first-order chi connectivity index (χ1) is 6.95. The summed E-state index contributed by atoms with van der Waals surface area (Å²) < 4.78 is 26.4. The van der Waals surface area contributed by atoms with Gasteiger partial charge in [-0.2, -0.15) is 0 Å². The van der Waals surface area contributed by atoms with E-state index in [1.165, 1.54) is 6.07 Å². The van der Waals surface area contributed by atoms with Crippen LogP contribution >= 0.6 is 0 Å². The van der Waals surface area contributed by atoms with Crippen molar-refractivity contribution in [1.82, 2.24) is 0 Å². The monoisotopic (exact) mass is 212 g/mol. The molecule has 1 nitrogen and oxygen atoms in total. The van der Waals surface area contributed by atoms with E-state index in [1.54, 1.807) is 12.1 Å². The molecule has 0 fully saturated rings. The molecular formula is C12H14F2O. The molecule has 1 rings (SSSR count). The third-order valence-corrected chi connectivity index (χ3v) is 2.27. The van der Waals surface area contributed by atoms with Gasteiger partial charge in [-0.3, -0.25) is 0 Å². The molecule has 0 bridgehead atoms. The number of alkyl halides is 2. The smallest absolute Gasteiger partial charge is 0.270 e. The normalized spacial score (nSPS) is 11.5. The second-order valence-electron chi connectivity index (χ2n) is 3.75. The lowest BCUT2D eigenvalue weighted by Crippen LogP contribution is -2.11. The fourth-order valence-corrected chi connectivity index (χ4v) is 1.57. The third-order valence-electron chi connectivity index (χ3n) is 2.27. The van der Waals surface area contributed by atoms with E-state index in [4.69, 9.17) is 0 Å². The molecule has 0 amide bonds. The van der Waals surface area contributed by atoms with Crippen LogP contribution in [0.1, 0.15) is 30.0 Å². The van der Waals surface area contributed by atoms with Crippen LogP contribution in [0.4, 0.5) is 8.78 Å². The molecule has 0 aliphatic carbocycles. The minimum atomic E-state index is -2.84. The van der Waals surface area contributed by atoms with E-state index < -0.39 is 5.92 Å². The summed E-state index contributed by atoms with van der Waals surface area (Å²) in [6, 6.07) is 4.82. The number of aryl methyl sites for hydroxylation is 2. The summed E-state index contributed by atoms with van der Waals surface area (Å²) in [5.41, 5.74) is 1.52. The minimum absolute atomic E-state index is 0.0231. The van der Waals surface area contributed by atoms with Gasteiger partial charge in [0.25, 0.3) is 5.92 Å². The van der Waals surface area contributed by atoms with Crippen LogP contribution in [-0.4, -0.2) is 6.29 Å². The van der Waals surface area contributed by atoms with Crippen molar-refractivity contribution in [2.24, 2.45) is 0 Å². The molecule has 1 aromatic rings. The van der Waals surface area contributed by atoms with Crippen molar-refractivity contribution in [2.75, 3.05) is 0 Å². The van der Waals surface area contributed by atoms with E-state index in [1.807, 2.05) is 6.92 Å². The fraction of sp³-hybridized carbons (Fsp3) is 0.417. The summed E-state index contributed by atoms with van der Waals surface area (Å²) in [6.07, 6.45) is 1.41. The van der Waals surface area contributed by atoms with Crippen LogP contribution in [-0.2, 0) is 17.1 Å². The number of hydrogen-bond donors (Lipinski definition) is 0. The Balaban J connectivity index is 3.08. The molecule has 15 heavy (non-hydrogen) atoms. The topological polar surface area (TPSA) is 17.1 Å². The first-order valence-electron chi connectivity index (χ1n) is 4.86. The molecule has 0 aromatic heterocycles. The van der Waals surface area contributed by atoms with Crippen molar-refractivity contribution in [3.05, 3.63) is 34.9 Å². The standard InChI is InChI=1S/C12H14F2O/c1-9-5-6-11(12(2,13)14)10(8-9)4-3-7-15/h5-8H,3-4H2,1-2H3. The van der Waals surface area contributed by atoms with Crippen LogP contribution in [0.3, 0.4) is 0 Å². The van der Waals surface area contributed by atoms with Crippen molar-refractivity contribution in [3.8, 4) is 0 Å². The third kappa shape index (κ3) is 3.11. The lowest BCUT2D eigenvalue weighted by molar-refractivity contribution is -0.107. The number of rotatable bonds is 4. The summed E-state index contributed by atoms with van der Waals surface area (Å²) in [4.78, 5) is 10.2. The Hall–Kier alpha value is -1.25. The van der Waals surface area contributed by atoms with Gasteiger partial charge in [-0.1, -0.05) is 23.8 Å². The molecule has 82 valence electrons. The molecule has 3 heteroatoms. The molecule has 0 radical (unpaired) electrons. The Morgan fingerprint density at radius 1 is 1.40 bits per heavy atom. The van der Waals surface area contributed by atoms with Gasteiger partial charge in [0.2, 0.25) is 0 Å². The highest BCUT2D eigenvalue weighted by Crippen LogP contribution is 2.30. The van der Waals surface area contributed by atoms with E-state index in [9.17, 15) is 13.6 Å². The van der Waals surface area contributed by atoms with Gasteiger partial charge in [0.1, 0.15) is 6.29 Å². The Kier molecular flexibility index (Phi) is 3.56. The molecule has 0 unspecified atom stereocenters. The SMILES string of the molecule is Cc1ccc(C(C)(F)F)c(CCC=O)c1. The lowest BCUT2D eigenvalue weighted by atomic mass is 9.97. The van der Waals surface area contributed by atoms with Crippen LogP contribution in [0.15, 0.2) is 18.2 Å². The maximum Gasteiger partial charge on any atom is 0.270 e. The minimum Gasteiger partial charge on any atom is -0.303 e. The molecule has 0 aliphatic heterocycles. The average Bonchev–Trinajstić information content (AvgIpc) is 2.12. The number of carbonyl (C=O) groups excluding carboxylic acids is 1. The van der Waals surface area contributed by atoms with Crippen LogP contribution in [0.5, 0.6) is 0 Å². The van der Waals surface area contributed by atoms with Crippen molar-refractivity contribution in [2.45, 2.75) is 32.6 Å². The van der Waals surface area contributed by atoms with Crippen LogP contribution in [0, 0.1) is 6.92 Å². The highest BCUT2D eigenvalue weighted by atomic mass is 19.3. The van der Waals surface area contributed by atoms with Crippen LogP contribution in [0.2, 0.25) is 0 Å². The highest BCUT2D eigenvalue weighted by Gasteiger charge is 2.26. The van der Waals surface area contributed by atoms with Crippen molar-refractivity contribution in [1.29, 1.82) is 0 Å². The Labute approximate surface area is 88.1 Å². The van der Waals surface area contributed by atoms with E-state index in [0.717, 1.165) is 18.8 Å². The fourth-order valence-electron chi connectivity index (χ4n) is 1.57. The van der Waals surface area contributed by atoms with E-state index >= 15 is 0 Å². The first-order valence-corrected chi connectivity index (χ1v) is 4.86. The lowest BCUT2D eigenvalue weighted by Gasteiger charge is -2.15. The summed E-state index contributed by atoms with van der Waals surface area (Å²) in [5, 5.41) is 0. The van der Waals surface area contributed by atoms with Gasteiger partial charge >= 0.3 is 0 Å². The molecule has 0 aliphatic rings. The quantitative estimate of drug-likeness (QED) is 0.700. The number of carbonyl (C=O) groups is 1. The van der Waals surface area contributed by atoms with E-state index in [2.05, 4.69) is 0 Å². The number of benzene rings is 1. The van der Waals surface area contributed by atoms with Gasteiger partial charge in [0, 0.05) is 18.9 Å². The number of halogens is 2. The molecule has 0 saturated carbocycles. The molecule has 0 atom stereocenters. The molecule has 0 saturated heterocycles. The predicted molar refractivity (Wildman–Crippen MR) is 55.1 cm³/mol. The summed E-state index contributed by atoms with van der Waals surface area (Å²) in [5.74, 6) is -2.84. The second kappa shape index (κ2) is 4.51. The zero-order chi connectivity index (χ0) is 11.5. The molecule has 0 heterocycles. The van der Waals surface area contributed by atoms with Crippen molar-refractivity contribution < 1.29 is 13.6 Å².